The normalized spacial score (nSPS) is 18.4. The predicted molar refractivity (Wildman–Crippen MR) is 130 cm³/mol. The molecule has 1 aliphatic rings. The van der Waals surface area contributed by atoms with Crippen LogP contribution in [0.2, 0.25) is 0 Å². The van der Waals surface area contributed by atoms with Crippen LogP contribution in [0.25, 0.3) is 11.2 Å². The summed E-state index contributed by atoms with van der Waals surface area (Å²) in [6.07, 6.45) is -0.0920. The van der Waals surface area contributed by atoms with Gasteiger partial charge in [-0.3, -0.25) is 4.79 Å². The molecule has 3 heterocycles. The van der Waals surface area contributed by atoms with Gasteiger partial charge in [-0.05, 0) is 57.7 Å². The van der Waals surface area contributed by atoms with E-state index in [1.54, 1.807) is 7.11 Å². The summed E-state index contributed by atoms with van der Waals surface area (Å²) in [6, 6.07) is 21.3. The fraction of sp³-hybridized carbons (Fsp3) is 0.269. The third-order valence-corrected chi connectivity index (χ3v) is 6.38. The lowest BCUT2D eigenvalue weighted by Gasteiger charge is -2.36. The number of ether oxygens (including phenoxy) is 2. The summed E-state index contributed by atoms with van der Waals surface area (Å²) < 4.78 is 18.1. The number of amides is 1. The summed E-state index contributed by atoms with van der Waals surface area (Å²) in [5.74, 6) is 1.21. The summed E-state index contributed by atoms with van der Waals surface area (Å²) in [5.41, 5.74) is 3.21. The Morgan fingerprint density at radius 1 is 1.03 bits per heavy atom. The first-order valence-electron chi connectivity index (χ1n) is 11.1. The summed E-state index contributed by atoms with van der Waals surface area (Å²) in [6.45, 7) is 1.32. The van der Waals surface area contributed by atoms with Gasteiger partial charge in [0.05, 0.1) is 19.6 Å². The maximum Gasteiger partial charge on any atom is 0.252 e. The summed E-state index contributed by atoms with van der Waals surface area (Å²) >= 11 is 3.38. The van der Waals surface area contributed by atoms with Crippen LogP contribution in [0.5, 0.6) is 5.75 Å². The van der Waals surface area contributed by atoms with Gasteiger partial charge < -0.3 is 18.8 Å². The van der Waals surface area contributed by atoms with Gasteiger partial charge in [0.25, 0.3) is 5.91 Å². The van der Waals surface area contributed by atoms with Crippen LogP contribution in [0.15, 0.2) is 75.8 Å². The quantitative estimate of drug-likeness (QED) is 0.315. The van der Waals surface area contributed by atoms with Gasteiger partial charge in [0, 0.05) is 13.1 Å². The van der Waals surface area contributed by atoms with E-state index in [0.717, 1.165) is 16.9 Å². The second-order valence-electron chi connectivity index (χ2n) is 8.29. The van der Waals surface area contributed by atoms with Gasteiger partial charge in [-0.15, -0.1) is 0 Å². The highest BCUT2D eigenvalue weighted by Crippen LogP contribution is 2.32. The Labute approximate surface area is 205 Å². The molecule has 0 radical (unpaired) electrons. The molecule has 7 nitrogen and oxygen atoms in total. The topological polar surface area (TPSA) is 77.7 Å². The van der Waals surface area contributed by atoms with Gasteiger partial charge in [0.1, 0.15) is 16.5 Å². The van der Waals surface area contributed by atoms with Crippen molar-refractivity contribution in [2.75, 3.05) is 13.7 Å². The van der Waals surface area contributed by atoms with Gasteiger partial charge in [-0.2, -0.15) is 4.98 Å². The fourth-order valence-corrected chi connectivity index (χ4v) is 4.46. The van der Waals surface area contributed by atoms with Crippen molar-refractivity contribution in [1.82, 2.24) is 14.9 Å². The first-order valence-corrected chi connectivity index (χ1v) is 11.9. The van der Waals surface area contributed by atoms with Crippen LogP contribution >= 0.6 is 15.9 Å². The van der Waals surface area contributed by atoms with Crippen LogP contribution in [-0.2, 0) is 22.7 Å². The van der Waals surface area contributed by atoms with E-state index in [-0.39, 0.29) is 11.8 Å². The lowest BCUT2D eigenvalue weighted by molar-refractivity contribution is -0.151. The highest BCUT2D eigenvalue weighted by Gasteiger charge is 2.38. The molecule has 2 aromatic carbocycles. The molecule has 5 rings (SSSR count). The molecule has 2 atom stereocenters. The van der Waals surface area contributed by atoms with Crippen molar-refractivity contribution in [2.45, 2.75) is 31.6 Å². The number of carbonyl (C=O) groups excluding carboxylic acids is 1. The van der Waals surface area contributed by atoms with Crippen molar-refractivity contribution < 1.29 is 18.7 Å². The average molecular weight is 522 g/mol. The van der Waals surface area contributed by atoms with Crippen molar-refractivity contribution in [3.05, 3.63) is 88.4 Å². The molecule has 8 heteroatoms. The number of halogens is 1. The smallest absolute Gasteiger partial charge is 0.252 e. The minimum atomic E-state index is -0.591. The number of aromatic nitrogens is 2. The molecule has 0 bridgehead atoms. The number of methoxy groups -OCH3 is 1. The van der Waals surface area contributed by atoms with Crippen molar-refractivity contribution in [1.29, 1.82) is 0 Å². The van der Waals surface area contributed by atoms with Crippen LogP contribution in [0.3, 0.4) is 0 Å². The van der Waals surface area contributed by atoms with E-state index in [1.165, 1.54) is 0 Å². The highest BCUT2D eigenvalue weighted by molar-refractivity contribution is 9.10. The zero-order chi connectivity index (χ0) is 23.5. The molecule has 0 spiro atoms. The standard InChI is InChI=1S/C26H24BrN3O4/c1-32-20-9-7-17(8-10-20)14-30-15-19(25-29-24-21(34-25)11-12-23(27)28-24)13-22(26(30)31)33-16-18-5-3-2-4-6-18/h2-12,19,22H,13-16H2,1H3. The lowest BCUT2D eigenvalue weighted by atomic mass is 9.94. The second-order valence-corrected chi connectivity index (χ2v) is 9.11. The SMILES string of the molecule is COc1ccc(CN2CC(c3nc4nc(Br)ccc4o3)CC(OCc3ccccc3)C2=O)cc1. The summed E-state index contributed by atoms with van der Waals surface area (Å²) in [5, 5.41) is 0. The second kappa shape index (κ2) is 9.95. The number of hydrogen-bond donors (Lipinski definition) is 0. The fourth-order valence-electron chi connectivity index (χ4n) is 4.16. The molecule has 0 saturated carbocycles. The Morgan fingerprint density at radius 2 is 1.82 bits per heavy atom. The van der Waals surface area contributed by atoms with Gasteiger partial charge in [0.15, 0.2) is 11.2 Å². The van der Waals surface area contributed by atoms with Crippen LogP contribution in [0.1, 0.15) is 29.4 Å². The Balaban J connectivity index is 1.40. The van der Waals surface area contributed by atoms with Gasteiger partial charge in [-0.1, -0.05) is 42.5 Å². The molecule has 2 aromatic heterocycles. The van der Waals surface area contributed by atoms with E-state index in [9.17, 15) is 4.79 Å². The molecule has 2 unspecified atom stereocenters. The molecule has 34 heavy (non-hydrogen) atoms. The number of benzene rings is 2. The number of fused-ring (bicyclic) bond motifs is 1. The van der Waals surface area contributed by atoms with Crippen LogP contribution in [0, 0.1) is 0 Å². The zero-order valence-electron chi connectivity index (χ0n) is 18.7. The largest absolute Gasteiger partial charge is 0.497 e. The number of carbonyl (C=O) groups is 1. The minimum Gasteiger partial charge on any atom is -0.497 e. The maximum absolute atomic E-state index is 13.4. The van der Waals surface area contributed by atoms with Crippen molar-refractivity contribution in [3.63, 3.8) is 0 Å². The first-order chi connectivity index (χ1) is 16.6. The van der Waals surface area contributed by atoms with Crippen LogP contribution in [0.4, 0.5) is 0 Å². The molecule has 1 amide bonds. The monoisotopic (exact) mass is 521 g/mol. The molecular weight excluding hydrogens is 498 g/mol. The third kappa shape index (κ3) is 4.98. The highest BCUT2D eigenvalue weighted by atomic mass is 79.9. The molecule has 4 aromatic rings. The van der Waals surface area contributed by atoms with Gasteiger partial charge >= 0.3 is 0 Å². The number of likely N-dealkylation sites (tertiary alicyclic amines) is 1. The van der Waals surface area contributed by atoms with Crippen molar-refractivity contribution in [3.8, 4) is 5.75 Å². The third-order valence-electron chi connectivity index (χ3n) is 5.94. The maximum atomic E-state index is 13.4. The van der Waals surface area contributed by atoms with E-state index in [4.69, 9.17) is 13.9 Å². The van der Waals surface area contributed by atoms with Gasteiger partial charge in [-0.25, -0.2) is 4.98 Å². The Bertz CT molecular complexity index is 1280. The van der Waals surface area contributed by atoms with Crippen molar-refractivity contribution >= 4 is 33.1 Å². The molecule has 1 aliphatic heterocycles. The first kappa shape index (κ1) is 22.6. The lowest BCUT2D eigenvalue weighted by Crippen LogP contribution is -2.48. The molecular formula is C26H24BrN3O4. The Kier molecular flexibility index (Phi) is 6.60. The molecule has 1 saturated heterocycles. The summed E-state index contributed by atoms with van der Waals surface area (Å²) in [4.78, 5) is 24.2. The van der Waals surface area contributed by atoms with E-state index in [0.29, 0.717) is 47.8 Å². The average Bonchev–Trinajstić information content (AvgIpc) is 3.29. The molecule has 174 valence electrons. The van der Waals surface area contributed by atoms with Crippen molar-refractivity contribution in [2.24, 2.45) is 0 Å². The van der Waals surface area contributed by atoms with Crippen LogP contribution in [-0.4, -0.2) is 40.5 Å². The predicted octanol–water partition coefficient (Wildman–Crippen LogP) is 5.10. The van der Waals surface area contributed by atoms with E-state index in [2.05, 4.69) is 25.9 Å². The number of piperidine rings is 1. The number of nitrogens with zero attached hydrogens (tertiary/aromatic N) is 3. The molecule has 0 aliphatic carbocycles. The molecule has 1 fully saturated rings. The number of rotatable bonds is 7. The number of hydrogen-bond acceptors (Lipinski definition) is 6. The van der Waals surface area contributed by atoms with E-state index in [1.807, 2.05) is 71.6 Å². The minimum absolute atomic E-state index is 0.0278. The molecule has 0 N–H and O–H groups in total. The Hall–Kier alpha value is -3.23. The summed E-state index contributed by atoms with van der Waals surface area (Å²) in [7, 11) is 1.64. The number of pyridine rings is 1. The Morgan fingerprint density at radius 3 is 2.59 bits per heavy atom. The number of oxazole rings is 1. The zero-order valence-corrected chi connectivity index (χ0v) is 20.3. The van der Waals surface area contributed by atoms with Crippen LogP contribution < -0.4 is 4.74 Å². The van der Waals surface area contributed by atoms with E-state index < -0.39 is 6.10 Å². The van der Waals surface area contributed by atoms with E-state index >= 15 is 0 Å². The van der Waals surface area contributed by atoms with Gasteiger partial charge in [0.2, 0.25) is 5.89 Å².